The van der Waals surface area contributed by atoms with Crippen LogP contribution in [0, 0.1) is 11.8 Å². The zero-order valence-corrected chi connectivity index (χ0v) is 16.7. The Bertz CT molecular complexity index is 284. The van der Waals surface area contributed by atoms with Gasteiger partial charge in [0, 0.05) is 19.6 Å². The van der Waals surface area contributed by atoms with E-state index in [-0.39, 0.29) is 6.29 Å². The Morgan fingerprint density at radius 2 is 1.00 bits per heavy atom. The van der Waals surface area contributed by atoms with Crippen molar-refractivity contribution in [3.8, 4) is 11.8 Å². The number of hydrogen-bond acceptors (Lipinski definition) is 2. The van der Waals surface area contributed by atoms with E-state index in [1.54, 1.807) is 0 Å². The lowest BCUT2D eigenvalue weighted by atomic mass is 10.0. The standard InChI is InChI=1S/C22H42O2/c1-4-7-8-9-10-11-12-13-14-15-16-17-18-19-20-21-22(23-5-2)24-6-3/h22H,4-19H2,1-3H3. The molecule has 0 bridgehead atoms. The molecule has 0 fully saturated rings. The van der Waals surface area contributed by atoms with Gasteiger partial charge in [0.25, 0.3) is 0 Å². The molecule has 0 atom stereocenters. The van der Waals surface area contributed by atoms with Gasteiger partial charge in [0.2, 0.25) is 6.29 Å². The predicted octanol–water partition coefficient (Wildman–Crippen LogP) is 6.87. The fourth-order valence-electron chi connectivity index (χ4n) is 2.82. The van der Waals surface area contributed by atoms with E-state index in [9.17, 15) is 0 Å². The first-order chi connectivity index (χ1) is 11.8. The summed E-state index contributed by atoms with van der Waals surface area (Å²) in [5, 5.41) is 0. The highest BCUT2D eigenvalue weighted by molar-refractivity contribution is 5.02. The molecule has 142 valence electrons. The second-order valence-corrected chi connectivity index (χ2v) is 6.56. The van der Waals surface area contributed by atoms with Crippen molar-refractivity contribution < 1.29 is 9.47 Å². The van der Waals surface area contributed by atoms with E-state index >= 15 is 0 Å². The van der Waals surface area contributed by atoms with Crippen LogP contribution in [0.2, 0.25) is 0 Å². The molecule has 0 aliphatic rings. The summed E-state index contributed by atoms with van der Waals surface area (Å²) in [6.07, 6.45) is 18.7. The van der Waals surface area contributed by atoms with E-state index in [4.69, 9.17) is 9.47 Å². The number of unbranched alkanes of at least 4 members (excludes halogenated alkanes) is 13. The van der Waals surface area contributed by atoms with Gasteiger partial charge in [-0.3, -0.25) is 0 Å². The Labute approximate surface area is 152 Å². The van der Waals surface area contributed by atoms with Crippen molar-refractivity contribution in [3.63, 3.8) is 0 Å². The zero-order valence-electron chi connectivity index (χ0n) is 16.7. The minimum absolute atomic E-state index is 0.332. The van der Waals surface area contributed by atoms with Crippen molar-refractivity contribution in [2.75, 3.05) is 13.2 Å². The maximum atomic E-state index is 5.41. The molecule has 0 amide bonds. The lowest BCUT2D eigenvalue weighted by Gasteiger charge is -2.09. The predicted molar refractivity (Wildman–Crippen MR) is 105 cm³/mol. The molecule has 24 heavy (non-hydrogen) atoms. The molecular formula is C22H42O2. The molecule has 2 heteroatoms. The lowest BCUT2D eigenvalue weighted by Crippen LogP contribution is -2.14. The third kappa shape index (κ3) is 17.8. The van der Waals surface area contributed by atoms with Crippen LogP contribution in [0.4, 0.5) is 0 Å². The quantitative estimate of drug-likeness (QED) is 0.164. The van der Waals surface area contributed by atoms with E-state index in [1.807, 2.05) is 13.8 Å². The minimum atomic E-state index is -0.332. The van der Waals surface area contributed by atoms with Crippen LogP contribution in [0.3, 0.4) is 0 Å². The average Bonchev–Trinajstić information content (AvgIpc) is 2.58. The van der Waals surface area contributed by atoms with Gasteiger partial charge in [-0.1, -0.05) is 89.9 Å². The van der Waals surface area contributed by atoms with Gasteiger partial charge in [0.1, 0.15) is 0 Å². The molecule has 0 saturated carbocycles. The first-order valence-corrected chi connectivity index (χ1v) is 10.6. The van der Waals surface area contributed by atoms with E-state index in [1.165, 1.54) is 83.5 Å². The monoisotopic (exact) mass is 338 g/mol. The fraction of sp³-hybridized carbons (Fsp3) is 0.909. The second-order valence-electron chi connectivity index (χ2n) is 6.56. The highest BCUT2D eigenvalue weighted by Gasteiger charge is 2.01. The fourth-order valence-corrected chi connectivity index (χ4v) is 2.82. The molecule has 0 spiro atoms. The maximum Gasteiger partial charge on any atom is 0.222 e. The van der Waals surface area contributed by atoms with E-state index in [0.717, 1.165) is 6.42 Å². The largest absolute Gasteiger partial charge is 0.342 e. The molecule has 0 heterocycles. The van der Waals surface area contributed by atoms with E-state index < -0.39 is 0 Å². The molecule has 0 aromatic heterocycles. The van der Waals surface area contributed by atoms with Crippen molar-refractivity contribution in [1.82, 2.24) is 0 Å². The molecule has 0 aliphatic heterocycles. The maximum absolute atomic E-state index is 5.41. The van der Waals surface area contributed by atoms with Gasteiger partial charge in [0.15, 0.2) is 0 Å². The zero-order chi connectivity index (χ0) is 17.7. The molecule has 0 unspecified atom stereocenters. The Morgan fingerprint density at radius 3 is 1.42 bits per heavy atom. The first kappa shape index (κ1) is 23.5. The van der Waals surface area contributed by atoms with Crippen LogP contribution in [-0.2, 0) is 9.47 Å². The summed E-state index contributed by atoms with van der Waals surface area (Å²) in [5.41, 5.74) is 0. The van der Waals surface area contributed by atoms with Crippen molar-refractivity contribution in [3.05, 3.63) is 0 Å². The Morgan fingerprint density at radius 1 is 0.583 bits per heavy atom. The molecule has 0 saturated heterocycles. The molecule has 0 rings (SSSR count). The average molecular weight is 339 g/mol. The summed E-state index contributed by atoms with van der Waals surface area (Å²) in [6.45, 7) is 7.53. The van der Waals surface area contributed by atoms with Crippen LogP contribution in [0.15, 0.2) is 0 Å². The molecular weight excluding hydrogens is 296 g/mol. The van der Waals surface area contributed by atoms with Gasteiger partial charge in [-0.15, -0.1) is 0 Å². The summed E-state index contributed by atoms with van der Waals surface area (Å²) in [4.78, 5) is 0. The van der Waals surface area contributed by atoms with Crippen LogP contribution in [0.25, 0.3) is 0 Å². The third-order valence-corrected chi connectivity index (χ3v) is 4.26. The SMILES string of the molecule is CCCCCCCCCCCCCCCC#CC(OCC)OCC. The van der Waals surface area contributed by atoms with E-state index in [0.29, 0.717) is 13.2 Å². The Balaban J connectivity index is 3.28. The highest BCUT2D eigenvalue weighted by Crippen LogP contribution is 2.12. The van der Waals surface area contributed by atoms with Crippen LogP contribution < -0.4 is 0 Å². The summed E-state index contributed by atoms with van der Waals surface area (Å²) in [6, 6.07) is 0. The molecule has 0 aliphatic carbocycles. The summed E-state index contributed by atoms with van der Waals surface area (Å²) in [7, 11) is 0. The molecule has 0 aromatic rings. The van der Waals surface area contributed by atoms with Gasteiger partial charge in [-0.05, 0) is 26.2 Å². The summed E-state index contributed by atoms with van der Waals surface area (Å²) < 4.78 is 10.8. The van der Waals surface area contributed by atoms with Gasteiger partial charge in [-0.25, -0.2) is 0 Å². The summed E-state index contributed by atoms with van der Waals surface area (Å²) in [5.74, 6) is 6.27. The topological polar surface area (TPSA) is 18.5 Å². The molecule has 0 aromatic carbocycles. The highest BCUT2D eigenvalue weighted by atomic mass is 16.7. The van der Waals surface area contributed by atoms with Gasteiger partial charge < -0.3 is 9.47 Å². The number of hydrogen-bond donors (Lipinski definition) is 0. The van der Waals surface area contributed by atoms with E-state index in [2.05, 4.69) is 18.8 Å². The van der Waals surface area contributed by atoms with Crippen molar-refractivity contribution in [2.24, 2.45) is 0 Å². The normalized spacial score (nSPS) is 10.8. The Hall–Kier alpha value is -0.520. The third-order valence-electron chi connectivity index (χ3n) is 4.26. The van der Waals surface area contributed by atoms with Crippen LogP contribution >= 0.6 is 0 Å². The molecule has 2 nitrogen and oxygen atoms in total. The van der Waals surface area contributed by atoms with Crippen LogP contribution in [0.5, 0.6) is 0 Å². The first-order valence-electron chi connectivity index (χ1n) is 10.6. The second kappa shape index (κ2) is 20.5. The van der Waals surface area contributed by atoms with Crippen molar-refractivity contribution >= 4 is 0 Å². The number of rotatable bonds is 17. The molecule has 0 N–H and O–H groups in total. The summed E-state index contributed by atoms with van der Waals surface area (Å²) >= 11 is 0. The lowest BCUT2D eigenvalue weighted by molar-refractivity contribution is -0.0970. The molecule has 0 radical (unpaired) electrons. The van der Waals surface area contributed by atoms with Crippen molar-refractivity contribution in [1.29, 1.82) is 0 Å². The van der Waals surface area contributed by atoms with Gasteiger partial charge in [-0.2, -0.15) is 0 Å². The Kier molecular flexibility index (Phi) is 20.1. The van der Waals surface area contributed by atoms with Gasteiger partial charge >= 0.3 is 0 Å². The van der Waals surface area contributed by atoms with Gasteiger partial charge in [0.05, 0.1) is 0 Å². The van der Waals surface area contributed by atoms with Crippen LogP contribution in [0.1, 0.15) is 111 Å². The van der Waals surface area contributed by atoms with Crippen LogP contribution in [-0.4, -0.2) is 19.5 Å². The van der Waals surface area contributed by atoms with Crippen molar-refractivity contribution in [2.45, 2.75) is 117 Å². The number of ether oxygens (including phenoxy) is 2. The smallest absolute Gasteiger partial charge is 0.222 e. The minimum Gasteiger partial charge on any atom is -0.342 e.